The van der Waals surface area contributed by atoms with Gasteiger partial charge in [-0.3, -0.25) is 4.90 Å². The van der Waals surface area contributed by atoms with Gasteiger partial charge in [0.1, 0.15) is 5.54 Å². The molecule has 1 saturated heterocycles. The molecule has 1 N–H and O–H groups in total. The Hall–Kier alpha value is -1.56. The zero-order valence-electron chi connectivity index (χ0n) is 11.1. The van der Waals surface area contributed by atoms with E-state index in [2.05, 4.69) is 0 Å². The Morgan fingerprint density at radius 3 is 1.95 bits per heavy atom. The lowest BCUT2D eigenvalue weighted by molar-refractivity contribution is -0.150. The first-order valence-electron chi connectivity index (χ1n) is 6.42. The molecule has 0 radical (unpaired) electrons. The molecule has 2 rings (SSSR count). The maximum atomic E-state index is 12.5. The van der Waals surface area contributed by atoms with E-state index in [1.165, 1.54) is 12.1 Å². The summed E-state index contributed by atoms with van der Waals surface area (Å²) in [6.07, 6.45) is -2.60. The molecular formula is C14H16F3NO2. The van der Waals surface area contributed by atoms with Crippen LogP contribution in [0.1, 0.15) is 30.9 Å². The summed E-state index contributed by atoms with van der Waals surface area (Å²) in [6, 6.07) is 4.39. The number of carboxylic acids is 1. The normalized spacial score (nSPS) is 19.8. The van der Waals surface area contributed by atoms with Crippen LogP contribution in [0, 0.1) is 0 Å². The van der Waals surface area contributed by atoms with Gasteiger partial charge in [-0.05, 0) is 50.6 Å². The lowest BCUT2D eigenvalue weighted by atomic mass is 9.89. The molecule has 0 amide bonds. The van der Waals surface area contributed by atoms with Gasteiger partial charge in [-0.15, -0.1) is 0 Å². The third-order valence-electron chi connectivity index (χ3n) is 3.93. The number of hydrogen-bond acceptors (Lipinski definition) is 2. The first-order valence-corrected chi connectivity index (χ1v) is 6.42. The predicted octanol–water partition coefficient (Wildman–Crippen LogP) is 3.10. The van der Waals surface area contributed by atoms with Crippen LogP contribution in [0.2, 0.25) is 0 Å². The van der Waals surface area contributed by atoms with Crippen LogP contribution < -0.4 is 0 Å². The molecule has 0 aromatic heterocycles. The smallest absolute Gasteiger partial charge is 0.416 e. The highest BCUT2D eigenvalue weighted by molar-refractivity contribution is 5.80. The van der Waals surface area contributed by atoms with E-state index in [4.69, 9.17) is 0 Å². The van der Waals surface area contributed by atoms with Crippen LogP contribution in [-0.4, -0.2) is 29.1 Å². The second kappa shape index (κ2) is 5.09. The van der Waals surface area contributed by atoms with Gasteiger partial charge in [0.25, 0.3) is 0 Å². The fourth-order valence-corrected chi connectivity index (χ4v) is 2.59. The fourth-order valence-electron chi connectivity index (χ4n) is 2.59. The van der Waals surface area contributed by atoms with Crippen molar-refractivity contribution in [3.8, 4) is 0 Å². The molecule has 0 saturated carbocycles. The van der Waals surface area contributed by atoms with Gasteiger partial charge in [0.15, 0.2) is 0 Å². The lowest BCUT2D eigenvalue weighted by Gasteiger charge is -2.35. The Kier molecular flexibility index (Phi) is 3.77. The quantitative estimate of drug-likeness (QED) is 0.928. The zero-order chi connectivity index (χ0) is 15.0. The summed E-state index contributed by atoms with van der Waals surface area (Å²) >= 11 is 0. The van der Waals surface area contributed by atoms with E-state index >= 15 is 0 Å². The van der Waals surface area contributed by atoms with E-state index in [0.717, 1.165) is 25.0 Å². The van der Waals surface area contributed by atoms with Gasteiger partial charge in [0.2, 0.25) is 0 Å². The molecule has 1 heterocycles. The van der Waals surface area contributed by atoms with Gasteiger partial charge in [-0.2, -0.15) is 13.2 Å². The minimum atomic E-state index is -4.41. The van der Waals surface area contributed by atoms with Crippen LogP contribution in [0.5, 0.6) is 0 Å². The van der Waals surface area contributed by atoms with Gasteiger partial charge < -0.3 is 5.11 Å². The van der Waals surface area contributed by atoms with Crippen LogP contribution >= 0.6 is 0 Å². The Bertz CT molecular complexity index is 492. The van der Waals surface area contributed by atoms with E-state index in [1.807, 2.05) is 0 Å². The van der Waals surface area contributed by atoms with Crippen LogP contribution in [0.25, 0.3) is 0 Å². The standard InChI is InChI=1S/C14H16F3NO2/c1-13(12(19)20,18-8-2-3-9-18)10-4-6-11(7-5-10)14(15,16)17/h4-7H,2-3,8-9H2,1H3,(H,19,20). The molecule has 1 aromatic rings. The molecule has 0 spiro atoms. The maximum absolute atomic E-state index is 12.5. The van der Waals surface area contributed by atoms with E-state index in [9.17, 15) is 23.1 Å². The predicted molar refractivity (Wildman–Crippen MR) is 67.2 cm³/mol. The third kappa shape index (κ3) is 2.52. The highest BCUT2D eigenvalue weighted by Gasteiger charge is 2.42. The number of benzene rings is 1. The van der Waals surface area contributed by atoms with Crippen molar-refractivity contribution in [2.45, 2.75) is 31.5 Å². The van der Waals surface area contributed by atoms with Gasteiger partial charge in [-0.1, -0.05) is 12.1 Å². The Morgan fingerprint density at radius 1 is 1.10 bits per heavy atom. The number of carboxylic acid groups (broad SMARTS) is 1. The summed E-state index contributed by atoms with van der Waals surface area (Å²) in [4.78, 5) is 13.4. The molecule has 3 nitrogen and oxygen atoms in total. The highest BCUT2D eigenvalue weighted by atomic mass is 19.4. The molecule has 1 aliphatic rings. The van der Waals surface area contributed by atoms with Crippen molar-refractivity contribution >= 4 is 5.97 Å². The Morgan fingerprint density at radius 2 is 1.55 bits per heavy atom. The van der Waals surface area contributed by atoms with E-state index in [0.29, 0.717) is 18.7 Å². The molecule has 1 fully saturated rings. The summed E-state index contributed by atoms with van der Waals surface area (Å²) in [5, 5.41) is 9.51. The number of rotatable bonds is 3. The summed E-state index contributed by atoms with van der Waals surface area (Å²) in [7, 11) is 0. The fraction of sp³-hybridized carbons (Fsp3) is 0.500. The summed E-state index contributed by atoms with van der Waals surface area (Å²) < 4.78 is 37.6. The van der Waals surface area contributed by atoms with Crippen molar-refractivity contribution in [3.63, 3.8) is 0 Å². The van der Waals surface area contributed by atoms with Crippen LogP contribution in [0.4, 0.5) is 13.2 Å². The van der Waals surface area contributed by atoms with Gasteiger partial charge in [-0.25, -0.2) is 4.79 Å². The Labute approximate surface area is 115 Å². The first-order chi connectivity index (χ1) is 9.26. The zero-order valence-corrected chi connectivity index (χ0v) is 11.1. The molecule has 1 aromatic carbocycles. The van der Waals surface area contributed by atoms with Crippen molar-refractivity contribution in [1.82, 2.24) is 4.90 Å². The first kappa shape index (κ1) is 14.8. The lowest BCUT2D eigenvalue weighted by Crippen LogP contribution is -2.48. The number of nitrogens with zero attached hydrogens (tertiary/aromatic N) is 1. The van der Waals surface area contributed by atoms with Crippen molar-refractivity contribution in [3.05, 3.63) is 35.4 Å². The third-order valence-corrected chi connectivity index (χ3v) is 3.93. The average molecular weight is 287 g/mol. The van der Waals surface area contributed by atoms with Crippen molar-refractivity contribution in [2.24, 2.45) is 0 Å². The van der Waals surface area contributed by atoms with Gasteiger partial charge in [0.05, 0.1) is 5.56 Å². The monoisotopic (exact) mass is 287 g/mol. The summed E-state index contributed by atoms with van der Waals surface area (Å²) in [6.45, 7) is 2.83. The van der Waals surface area contributed by atoms with Crippen LogP contribution in [-0.2, 0) is 16.5 Å². The van der Waals surface area contributed by atoms with E-state index in [1.54, 1.807) is 11.8 Å². The molecule has 110 valence electrons. The van der Waals surface area contributed by atoms with E-state index < -0.39 is 23.2 Å². The van der Waals surface area contributed by atoms with Crippen molar-refractivity contribution in [2.75, 3.05) is 13.1 Å². The van der Waals surface area contributed by atoms with Gasteiger partial charge >= 0.3 is 12.1 Å². The number of aliphatic carboxylic acids is 1. The topological polar surface area (TPSA) is 40.5 Å². The van der Waals surface area contributed by atoms with Gasteiger partial charge in [0, 0.05) is 0 Å². The summed E-state index contributed by atoms with van der Waals surface area (Å²) in [5.74, 6) is -1.04. The summed E-state index contributed by atoms with van der Waals surface area (Å²) in [5.41, 5.74) is -1.67. The molecule has 0 bridgehead atoms. The molecular weight excluding hydrogens is 271 g/mol. The molecule has 20 heavy (non-hydrogen) atoms. The number of halogens is 3. The van der Waals surface area contributed by atoms with Crippen LogP contribution in [0.3, 0.4) is 0 Å². The second-order valence-electron chi connectivity index (χ2n) is 5.15. The largest absolute Gasteiger partial charge is 0.480 e. The molecule has 1 unspecified atom stereocenters. The SMILES string of the molecule is CC(C(=O)O)(c1ccc(C(F)(F)F)cc1)N1CCCC1. The Balaban J connectivity index is 2.37. The molecule has 1 atom stereocenters. The minimum Gasteiger partial charge on any atom is -0.480 e. The van der Waals surface area contributed by atoms with Crippen LogP contribution in [0.15, 0.2) is 24.3 Å². The molecule has 6 heteroatoms. The number of likely N-dealkylation sites (tertiary alicyclic amines) is 1. The van der Waals surface area contributed by atoms with Crippen molar-refractivity contribution < 1.29 is 23.1 Å². The maximum Gasteiger partial charge on any atom is 0.416 e. The number of alkyl halides is 3. The highest BCUT2D eigenvalue weighted by Crippen LogP contribution is 2.35. The molecule has 0 aliphatic carbocycles. The number of hydrogen-bond donors (Lipinski definition) is 1. The van der Waals surface area contributed by atoms with Crippen molar-refractivity contribution in [1.29, 1.82) is 0 Å². The van der Waals surface area contributed by atoms with E-state index in [-0.39, 0.29) is 0 Å². The second-order valence-corrected chi connectivity index (χ2v) is 5.15. The minimum absolute atomic E-state index is 0.375. The average Bonchev–Trinajstić information content (AvgIpc) is 2.91. The molecule has 1 aliphatic heterocycles. The number of carbonyl (C=O) groups is 1.